The summed E-state index contributed by atoms with van der Waals surface area (Å²) in [5, 5.41) is 11.8. The van der Waals surface area contributed by atoms with E-state index in [1.807, 2.05) is 13.0 Å². The van der Waals surface area contributed by atoms with Gasteiger partial charge in [0.1, 0.15) is 0 Å². The van der Waals surface area contributed by atoms with E-state index in [1.54, 1.807) is 0 Å². The minimum atomic E-state index is 0.190. The summed E-state index contributed by atoms with van der Waals surface area (Å²) in [4.78, 5) is 8.69. The molecule has 2 N–H and O–H groups in total. The van der Waals surface area contributed by atoms with Gasteiger partial charge < -0.3 is 10.4 Å². The Morgan fingerprint density at radius 1 is 1.40 bits per heavy atom. The van der Waals surface area contributed by atoms with E-state index in [0.717, 1.165) is 11.4 Å². The molecular weight excluding hydrogens is 190 g/mol. The van der Waals surface area contributed by atoms with Crippen LogP contribution in [0.25, 0.3) is 0 Å². The molecule has 0 saturated heterocycles. The van der Waals surface area contributed by atoms with Crippen LogP contribution in [0.4, 0.5) is 5.95 Å². The van der Waals surface area contributed by atoms with E-state index in [9.17, 15) is 0 Å². The zero-order chi connectivity index (χ0) is 11.3. The Bertz CT molecular complexity index is 313. The van der Waals surface area contributed by atoms with Crippen LogP contribution >= 0.6 is 0 Å². The number of rotatable bonds is 5. The number of hydrogen-bond acceptors (Lipinski definition) is 4. The first-order chi connectivity index (χ1) is 7.13. The molecule has 0 aliphatic heterocycles. The van der Waals surface area contributed by atoms with Crippen LogP contribution in [0.5, 0.6) is 0 Å². The SMILES string of the molecule is Cc1cc(C(C)C)nc(NCCCO)n1. The summed E-state index contributed by atoms with van der Waals surface area (Å²) in [6.45, 7) is 7.08. The molecule has 0 aliphatic rings. The Balaban J connectivity index is 2.71. The minimum absolute atomic E-state index is 0.190. The summed E-state index contributed by atoms with van der Waals surface area (Å²) < 4.78 is 0. The van der Waals surface area contributed by atoms with Crippen LogP contribution in [0.15, 0.2) is 6.07 Å². The molecule has 1 rings (SSSR count). The maximum absolute atomic E-state index is 8.66. The second-order valence-corrected chi connectivity index (χ2v) is 3.92. The molecular formula is C11H19N3O. The number of hydrogen-bond donors (Lipinski definition) is 2. The first-order valence-electron chi connectivity index (χ1n) is 5.33. The average molecular weight is 209 g/mol. The number of nitrogens with one attached hydrogen (secondary N) is 1. The van der Waals surface area contributed by atoms with Crippen molar-refractivity contribution in [1.82, 2.24) is 9.97 Å². The lowest BCUT2D eigenvalue weighted by atomic mass is 10.1. The molecule has 0 amide bonds. The number of nitrogens with zero attached hydrogens (tertiary/aromatic N) is 2. The molecule has 0 atom stereocenters. The van der Waals surface area contributed by atoms with Gasteiger partial charge >= 0.3 is 0 Å². The Kier molecular flexibility index (Phi) is 4.49. The highest BCUT2D eigenvalue weighted by Crippen LogP contribution is 2.14. The summed E-state index contributed by atoms with van der Waals surface area (Å²) in [5.41, 5.74) is 2.02. The van der Waals surface area contributed by atoms with E-state index >= 15 is 0 Å². The lowest BCUT2D eigenvalue weighted by molar-refractivity contribution is 0.292. The molecule has 84 valence electrons. The Labute approximate surface area is 90.8 Å². The topological polar surface area (TPSA) is 58.0 Å². The van der Waals surface area contributed by atoms with Gasteiger partial charge in [-0.3, -0.25) is 0 Å². The molecule has 0 spiro atoms. The average Bonchev–Trinajstić information content (AvgIpc) is 2.17. The quantitative estimate of drug-likeness (QED) is 0.725. The van der Waals surface area contributed by atoms with Crippen molar-refractivity contribution < 1.29 is 5.11 Å². The van der Waals surface area contributed by atoms with Crippen LogP contribution in [-0.4, -0.2) is 28.2 Å². The number of aliphatic hydroxyl groups is 1. The smallest absolute Gasteiger partial charge is 0.223 e. The molecule has 1 aromatic rings. The van der Waals surface area contributed by atoms with Crippen LogP contribution in [0.3, 0.4) is 0 Å². The zero-order valence-corrected chi connectivity index (χ0v) is 9.62. The highest BCUT2D eigenvalue weighted by atomic mass is 16.3. The van der Waals surface area contributed by atoms with Gasteiger partial charge in [-0.1, -0.05) is 13.8 Å². The van der Waals surface area contributed by atoms with Crippen LogP contribution in [-0.2, 0) is 0 Å². The van der Waals surface area contributed by atoms with Crippen molar-refractivity contribution in [3.05, 3.63) is 17.5 Å². The van der Waals surface area contributed by atoms with Crippen molar-refractivity contribution >= 4 is 5.95 Å². The van der Waals surface area contributed by atoms with Gasteiger partial charge in [0.15, 0.2) is 0 Å². The fourth-order valence-electron chi connectivity index (χ4n) is 1.25. The molecule has 1 aromatic heterocycles. The predicted molar refractivity (Wildman–Crippen MR) is 61.1 cm³/mol. The lowest BCUT2D eigenvalue weighted by Gasteiger charge is -2.09. The summed E-state index contributed by atoms with van der Waals surface area (Å²) in [7, 11) is 0. The second kappa shape index (κ2) is 5.66. The molecule has 15 heavy (non-hydrogen) atoms. The van der Waals surface area contributed by atoms with Crippen LogP contribution in [0, 0.1) is 6.92 Å². The van der Waals surface area contributed by atoms with Gasteiger partial charge in [-0.15, -0.1) is 0 Å². The van der Waals surface area contributed by atoms with Crippen LogP contribution in [0.1, 0.15) is 37.6 Å². The summed E-state index contributed by atoms with van der Waals surface area (Å²) >= 11 is 0. The van der Waals surface area contributed by atoms with Crippen molar-refractivity contribution in [3.8, 4) is 0 Å². The Morgan fingerprint density at radius 2 is 2.13 bits per heavy atom. The third-order valence-corrected chi connectivity index (χ3v) is 2.08. The number of anilines is 1. The molecule has 0 fully saturated rings. The summed E-state index contributed by atoms with van der Waals surface area (Å²) in [5.74, 6) is 1.07. The monoisotopic (exact) mass is 209 g/mol. The zero-order valence-electron chi connectivity index (χ0n) is 9.62. The van der Waals surface area contributed by atoms with Crippen molar-refractivity contribution in [3.63, 3.8) is 0 Å². The fourth-order valence-corrected chi connectivity index (χ4v) is 1.25. The van der Waals surface area contributed by atoms with Crippen molar-refractivity contribution in [2.75, 3.05) is 18.5 Å². The van der Waals surface area contributed by atoms with Gasteiger partial charge in [0.25, 0.3) is 0 Å². The molecule has 0 unspecified atom stereocenters. The molecule has 4 nitrogen and oxygen atoms in total. The molecule has 0 aliphatic carbocycles. The van der Waals surface area contributed by atoms with Gasteiger partial charge in [-0.05, 0) is 25.3 Å². The van der Waals surface area contributed by atoms with E-state index in [1.165, 1.54) is 0 Å². The van der Waals surface area contributed by atoms with Gasteiger partial charge in [0.2, 0.25) is 5.95 Å². The second-order valence-electron chi connectivity index (χ2n) is 3.92. The van der Waals surface area contributed by atoms with E-state index < -0.39 is 0 Å². The molecule has 4 heteroatoms. The maximum Gasteiger partial charge on any atom is 0.223 e. The first kappa shape index (κ1) is 11.9. The van der Waals surface area contributed by atoms with Gasteiger partial charge in [-0.2, -0.15) is 0 Å². The third-order valence-electron chi connectivity index (χ3n) is 2.08. The van der Waals surface area contributed by atoms with Gasteiger partial charge in [0.05, 0.1) is 0 Å². The highest BCUT2D eigenvalue weighted by molar-refractivity contribution is 5.28. The largest absolute Gasteiger partial charge is 0.396 e. The molecule has 0 saturated carbocycles. The van der Waals surface area contributed by atoms with Crippen molar-refractivity contribution in [2.45, 2.75) is 33.1 Å². The standard InChI is InChI=1S/C11H19N3O/c1-8(2)10-7-9(3)13-11(14-10)12-5-4-6-15/h7-8,15H,4-6H2,1-3H3,(H,12,13,14). The maximum atomic E-state index is 8.66. The normalized spacial score (nSPS) is 10.7. The molecule has 0 bridgehead atoms. The van der Waals surface area contributed by atoms with Gasteiger partial charge in [-0.25, -0.2) is 9.97 Å². The highest BCUT2D eigenvalue weighted by Gasteiger charge is 2.04. The van der Waals surface area contributed by atoms with Crippen LogP contribution in [0.2, 0.25) is 0 Å². The summed E-state index contributed by atoms with van der Waals surface area (Å²) in [6.07, 6.45) is 0.717. The minimum Gasteiger partial charge on any atom is -0.396 e. The fraction of sp³-hybridized carbons (Fsp3) is 0.636. The van der Waals surface area contributed by atoms with E-state index in [-0.39, 0.29) is 6.61 Å². The van der Waals surface area contributed by atoms with Crippen molar-refractivity contribution in [1.29, 1.82) is 0 Å². The predicted octanol–water partition coefficient (Wildman–Crippen LogP) is 1.70. The number of aliphatic hydroxyl groups excluding tert-OH is 1. The van der Waals surface area contributed by atoms with E-state index in [4.69, 9.17) is 5.11 Å². The lowest BCUT2D eigenvalue weighted by Crippen LogP contribution is -2.09. The van der Waals surface area contributed by atoms with Gasteiger partial charge in [0, 0.05) is 24.5 Å². The Hall–Kier alpha value is -1.16. The molecule has 0 radical (unpaired) electrons. The first-order valence-corrected chi connectivity index (χ1v) is 5.33. The van der Waals surface area contributed by atoms with Crippen LogP contribution < -0.4 is 5.32 Å². The number of aryl methyl sites for hydroxylation is 1. The molecule has 1 heterocycles. The third kappa shape index (κ3) is 3.83. The number of aromatic nitrogens is 2. The van der Waals surface area contributed by atoms with Crippen molar-refractivity contribution in [2.24, 2.45) is 0 Å². The van der Waals surface area contributed by atoms with E-state index in [0.29, 0.717) is 24.8 Å². The Morgan fingerprint density at radius 3 is 2.73 bits per heavy atom. The van der Waals surface area contributed by atoms with E-state index in [2.05, 4.69) is 29.1 Å². The molecule has 0 aromatic carbocycles. The summed E-state index contributed by atoms with van der Waals surface area (Å²) in [6, 6.07) is 2.00.